The topological polar surface area (TPSA) is 32.3 Å². The molecule has 0 aliphatic rings. The quantitative estimate of drug-likeness (QED) is 0.762. The first-order valence-corrected chi connectivity index (χ1v) is 7.64. The van der Waals surface area contributed by atoms with Gasteiger partial charge in [-0.25, -0.2) is 0 Å². The van der Waals surface area contributed by atoms with Crippen molar-refractivity contribution in [2.75, 3.05) is 25.0 Å². The Bertz CT molecular complexity index is 485. The number of nitrogens with one attached hydrogen (secondary N) is 1. The summed E-state index contributed by atoms with van der Waals surface area (Å²) in [6.07, 6.45) is 0.496. The molecule has 1 aromatic rings. The van der Waals surface area contributed by atoms with Crippen LogP contribution < -0.4 is 5.32 Å². The minimum atomic E-state index is 0.0480. The summed E-state index contributed by atoms with van der Waals surface area (Å²) < 4.78 is 1.05. The van der Waals surface area contributed by atoms with Crippen LogP contribution in [0.4, 0.5) is 5.69 Å². The van der Waals surface area contributed by atoms with E-state index in [9.17, 15) is 4.79 Å². The average Bonchev–Trinajstić information content (AvgIpc) is 2.38. The molecule has 0 fully saturated rings. The molecule has 20 heavy (non-hydrogen) atoms. The van der Waals surface area contributed by atoms with E-state index in [1.165, 1.54) is 0 Å². The van der Waals surface area contributed by atoms with Gasteiger partial charge in [0.25, 0.3) is 0 Å². The summed E-state index contributed by atoms with van der Waals surface area (Å²) in [6, 6.07) is 5.82. The monoisotopic (exact) mass is 338 g/mol. The third-order valence-electron chi connectivity index (χ3n) is 3.04. The van der Waals surface area contributed by atoms with Crippen LogP contribution in [0.3, 0.4) is 0 Å². The molecule has 3 nitrogen and oxygen atoms in total. The van der Waals surface area contributed by atoms with E-state index in [2.05, 4.69) is 39.6 Å². The highest BCUT2D eigenvalue weighted by atomic mass is 79.9. The largest absolute Gasteiger partial charge is 0.326 e. The van der Waals surface area contributed by atoms with Crippen LogP contribution in [0.2, 0.25) is 0 Å². The van der Waals surface area contributed by atoms with Gasteiger partial charge in [-0.2, -0.15) is 0 Å². The van der Waals surface area contributed by atoms with Crippen molar-refractivity contribution in [3.05, 3.63) is 40.4 Å². The first-order chi connectivity index (χ1) is 9.42. The zero-order chi connectivity index (χ0) is 15.1. The number of carbonyl (C=O) groups is 1. The molecule has 0 aromatic heterocycles. The highest BCUT2D eigenvalue weighted by Crippen LogP contribution is 2.20. The zero-order valence-electron chi connectivity index (χ0n) is 12.5. The SMILES string of the molecule is C=C(C)CN(CC)CCC(=O)Nc1ccc(Br)c(C)c1. The zero-order valence-corrected chi connectivity index (χ0v) is 14.1. The molecule has 0 bridgehead atoms. The molecule has 1 N–H and O–H groups in total. The molecule has 0 saturated heterocycles. The number of aryl methyl sites for hydroxylation is 1. The molecule has 0 radical (unpaired) electrons. The third kappa shape index (κ3) is 5.88. The normalized spacial score (nSPS) is 10.7. The van der Waals surface area contributed by atoms with E-state index in [-0.39, 0.29) is 5.91 Å². The van der Waals surface area contributed by atoms with Gasteiger partial charge in [-0.3, -0.25) is 9.69 Å². The molecule has 1 aromatic carbocycles. The number of halogens is 1. The minimum absolute atomic E-state index is 0.0480. The van der Waals surface area contributed by atoms with Gasteiger partial charge in [-0.1, -0.05) is 35.0 Å². The lowest BCUT2D eigenvalue weighted by Crippen LogP contribution is -2.29. The predicted molar refractivity (Wildman–Crippen MR) is 89.1 cm³/mol. The number of amides is 1. The van der Waals surface area contributed by atoms with Crippen molar-refractivity contribution in [1.82, 2.24) is 4.90 Å². The highest BCUT2D eigenvalue weighted by molar-refractivity contribution is 9.10. The maximum absolute atomic E-state index is 11.9. The third-order valence-corrected chi connectivity index (χ3v) is 3.93. The molecule has 0 aliphatic heterocycles. The van der Waals surface area contributed by atoms with Gasteiger partial charge in [0.1, 0.15) is 0 Å². The minimum Gasteiger partial charge on any atom is -0.326 e. The van der Waals surface area contributed by atoms with Gasteiger partial charge < -0.3 is 5.32 Å². The smallest absolute Gasteiger partial charge is 0.225 e. The van der Waals surface area contributed by atoms with Gasteiger partial charge in [-0.15, -0.1) is 0 Å². The van der Waals surface area contributed by atoms with Crippen LogP contribution in [0.15, 0.2) is 34.8 Å². The lowest BCUT2D eigenvalue weighted by molar-refractivity contribution is -0.116. The second-order valence-electron chi connectivity index (χ2n) is 5.09. The molecule has 110 valence electrons. The second-order valence-corrected chi connectivity index (χ2v) is 5.94. The van der Waals surface area contributed by atoms with Gasteiger partial charge in [0.05, 0.1) is 0 Å². The Morgan fingerprint density at radius 3 is 2.70 bits per heavy atom. The Morgan fingerprint density at radius 1 is 1.45 bits per heavy atom. The fourth-order valence-corrected chi connectivity index (χ4v) is 2.18. The fraction of sp³-hybridized carbons (Fsp3) is 0.438. The average molecular weight is 339 g/mol. The maximum atomic E-state index is 11.9. The highest BCUT2D eigenvalue weighted by Gasteiger charge is 2.07. The molecule has 0 saturated carbocycles. The van der Waals surface area contributed by atoms with E-state index in [4.69, 9.17) is 0 Å². The van der Waals surface area contributed by atoms with Crippen LogP contribution in [0.25, 0.3) is 0 Å². The molecule has 0 heterocycles. The second kappa shape index (κ2) is 8.22. The summed E-state index contributed by atoms with van der Waals surface area (Å²) >= 11 is 3.45. The Balaban J connectivity index is 2.46. The van der Waals surface area contributed by atoms with Gasteiger partial charge in [-0.05, 0) is 44.2 Å². The number of hydrogen-bond acceptors (Lipinski definition) is 2. The van der Waals surface area contributed by atoms with Crippen molar-refractivity contribution in [3.8, 4) is 0 Å². The maximum Gasteiger partial charge on any atom is 0.225 e. The Labute approximate surface area is 130 Å². The number of rotatable bonds is 7. The predicted octanol–water partition coefficient (Wildman–Crippen LogP) is 3.98. The number of anilines is 1. The van der Waals surface area contributed by atoms with Crippen LogP contribution in [-0.4, -0.2) is 30.4 Å². The van der Waals surface area contributed by atoms with E-state index in [1.54, 1.807) is 0 Å². The summed E-state index contributed by atoms with van der Waals surface area (Å²) in [4.78, 5) is 14.2. The Hall–Kier alpha value is -1.13. The van der Waals surface area contributed by atoms with E-state index in [0.717, 1.165) is 40.9 Å². The molecule has 0 atom stereocenters. The van der Waals surface area contributed by atoms with E-state index < -0.39 is 0 Å². The first-order valence-electron chi connectivity index (χ1n) is 6.85. The Morgan fingerprint density at radius 2 is 2.15 bits per heavy atom. The fourth-order valence-electron chi connectivity index (χ4n) is 1.94. The van der Waals surface area contributed by atoms with Crippen LogP contribution in [0, 0.1) is 6.92 Å². The summed E-state index contributed by atoms with van der Waals surface area (Å²) in [7, 11) is 0. The summed E-state index contributed by atoms with van der Waals surface area (Å²) in [5, 5.41) is 2.93. The molecule has 0 aliphatic carbocycles. The standard InChI is InChI=1S/C16H23BrN2O/c1-5-19(11-12(2)3)9-8-16(20)18-14-6-7-15(17)13(4)10-14/h6-7,10H,2,5,8-9,11H2,1,3-4H3,(H,18,20). The van der Waals surface area contributed by atoms with E-state index >= 15 is 0 Å². The van der Waals surface area contributed by atoms with Crippen molar-refractivity contribution < 1.29 is 4.79 Å². The number of carbonyl (C=O) groups excluding carboxylic acids is 1. The van der Waals surface area contributed by atoms with Gasteiger partial charge >= 0.3 is 0 Å². The summed E-state index contributed by atoms with van der Waals surface area (Å²) in [6.45, 7) is 12.5. The van der Waals surface area contributed by atoms with Gasteiger partial charge in [0.2, 0.25) is 5.91 Å². The number of benzene rings is 1. The molecule has 1 rings (SSSR count). The number of hydrogen-bond donors (Lipinski definition) is 1. The van der Waals surface area contributed by atoms with E-state index in [0.29, 0.717) is 6.42 Å². The Kier molecular flexibility index (Phi) is 6.96. The van der Waals surface area contributed by atoms with Crippen LogP contribution >= 0.6 is 15.9 Å². The van der Waals surface area contributed by atoms with E-state index in [1.807, 2.05) is 32.0 Å². The van der Waals surface area contributed by atoms with Gasteiger partial charge in [0, 0.05) is 29.7 Å². The lowest BCUT2D eigenvalue weighted by atomic mass is 10.2. The number of nitrogens with zero attached hydrogens (tertiary/aromatic N) is 1. The first kappa shape index (κ1) is 16.9. The molecule has 0 unspecified atom stereocenters. The van der Waals surface area contributed by atoms with Crippen LogP contribution in [0.1, 0.15) is 25.8 Å². The molecular formula is C16H23BrN2O. The van der Waals surface area contributed by atoms with Crippen molar-refractivity contribution in [1.29, 1.82) is 0 Å². The van der Waals surface area contributed by atoms with Crippen molar-refractivity contribution in [3.63, 3.8) is 0 Å². The number of likely N-dealkylation sites (N-methyl/N-ethyl adjacent to an activating group) is 1. The molecule has 0 spiro atoms. The summed E-state index contributed by atoms with van der Waals surface area (Å²) in [5.74, 6) is 0.0480. The lowest BCUT2D eigenvalue weighted by Gasteiger charge is -2.20. The van der Waals surface area contributed by atoms with Crippen molar-refractivity contribution in [2.24, 2.45) is 0 Å². The molecule has 1 amide bonds. The van der Waals surface area contributed by atoms with Crippen molar-refractivity contribution >= 4 is 27.5 Å². The van der Waals surface area contributed by atoms with Crippen molar-refractivity contribution in [2.45, 2.75) is 27.2 Å². The molecular weight excluding hydrogens is 316 g/mol. The summed E-state index contributed by atoms with van der Waals surface area (Å²) in [5.41, 5.74) is 3.08. The van der Waals surface area contributed by atoms with Crippen LogP contribution in [-0.2, 0) is 4.79 Å². The van der Waals surface area contributed by atoms with Crippen LogP contribution in [0.5, 0.6) is 0 Å². The van der Waals surface area contributed by atoms with Gasteiger partial charge in [0.15, 0.2) is 0 Å². The molecule has 4 heteroatoms.